The van der Waals surface area contributed by atoms with Gasteiger partial charge in [-0.1, -0.05) is 6.42 Å². The summed E-state index contributed by atoms with van der Waals surface area (Å²) in [5.74, 6) is 0. The molecular weight excluding hydrogens is 241 g/mol. The smallest absolute Gasteiger partial charge is 0.298 e. The second-order valence-corrected chi connectivity index (χ2v) is 6.18. The number of piperazine rings is 1. The minimum atomic E-state index is -4.06. The maximum atomic E-state index is 13.2. The van der Waals surface area contributed by atoms with Gasteiger partial charge < -0.3 is 0 Å². The van der Waals surface area contributed by atoms with Gasteiger partial charge in [0.05, 0.1) is 0 Å². The van der Waals surface area contributed by atoms with Crippen molar-refractivity contribution in [2.45, 2.75) is 62.8 Å². The predicted molar refractivity (Wildman–Crippen MR) is 63.4 cm³/mol. The van der Waals surface area contributed by atoms with Crippen LogP contribution in [0.2, 0.25) is 0 Å². The summed E-state index contributed by atoms with van der Waals surface area (Å²) in [7, 11) is 0. The molecule has 2 nitrogen and oxygen atoms in total. The minimum absolute atomic E-state index is 0.0310. The first-order valence-corrected chi connectivity index (χ1v) is 7.01. The maximum Gasteiger partial charge on any atom is 0.406 e. The van der Waals surface area contributed by atoms with E-state index in [1.165, 1.54) is 12.8 Å². The summed E-state index contributed by atoms with van der Waals surface area (Å²) in [6, 6.07) is 0.387. The van der Waals surface area contributed by atoms with Crippen molar-refractivity contribution in [2.24, 2.45) is 0 Å². The number of halogens is 3. The fourth-order valence-electron chi connectivity index (χ4n) is 3.80. The van der Waals surface area contributed by atoms with E-state index in [4.69, 9.17) is 0 Å². The van der Waals surface area contributed by atoms with Gasteiger partial charge in [-0.05, 0) is 39.2 Å². The fraction of sp³-hybridized carbons (Fsp3) is 1.00. The molecule has 0 aromatic heterocycles. The lowest BCUT2D eigenvalue weighted by molar-refractivity contribution is -0.211. The topological polar surface area (TPSA) is 6.48 Å². The van der Waals surface area contributed by atoms with Gasteiger partial charge >= 0.3 is 6.18 Å². The zero-order valence-electron chi connectivity index (χ0n) is 10.8. The molecule has 2 unspecified atom stereocenters. The molecule has 0 aromatic carbocycles. The van der Waals surface area contributed by atoms with E-state index in [0.717, 1.165) is 19.5 Å². The number of hydrogen-bond acceptors (Lipinski definition) is 2. The standard InChI is InChI=1S/C13H21F3N2/c1-10-8-17-7-3-2-4-11(17)9-18(10)12(5-6-12)13(14,15)16/h10-11H,2-9H2,1H3. The van der Waals surface area contributed by atoms with Crippen LogP contribution in [-0.2, 0) is 0 Å². The van der Waals surface area contributed by atoms with Crippen LogP contribution in [0.25, 0.3) is 0 Å². The molecule has 0 radical (unpaired) electrons. The van der Waals surface area contributed by atoms with E-state index in [1.54, 1.807) is 4.90 Å². The molecule has 0 aromatic rings. The quantitative estimate of drug-likeness (QED) is 0.717. The van der Waals surface area contributed by atoms with Gasteiger partial charge in [0.1, 0.15) is 5.54 Å². The second kappa shape index (κ2) is 4.10. The third-order valence-corrected chi connectivity index (χ3v) is 4.99. The van der Waals surface area contributed by atoms with E-state index in [9.17, 15) is 13.2 Å². The van der Waals surface area contributed by atoms with Crippen LogP contribution in [0.5, 0.6) is 0 Å². The van der Waals surface area contributed by atoms with Crippen molar-refractivity contribution in [1.29, 1.82) is 0 Å². The highest BCUT2D eigenvalue weighted by Gasteiger charge is 2.68. The van der Waals surface area contributed by atoms with Crippen LogP contribution in [0.3, 0.4) is 0 Å². The van der Waals surface area contributed by atoms with E-state index >= 15 is 0 Å². The van der Waals surface area contributed by atoms with Crippen LogP contribution < -0.4 is 0 Å². The monoisotopic (exact) mass is 262 g/mol. The molecule has 104 valence electrons. The van der Waals surface area contributed by atoms with E-state index < -0.39 is 11.7 Å². The van der Waals surface area contributed by atoms with Gasteiger partial charge in [-0.3, -0.25) is 9.80 Å². The Kier molecular flexibility index (Phi) is 2.90. The van der Waals surface area contributed by atoms with E-state index in [2.05, 4.69) is 4.90 Å². The summed E-state index contributed by atoms with van der Waals surface area (Å²) in [5.41, 5.74) is -1.48. The van der Waals surface area contributed by atoms with Gasteiger partial charge in [-0.15, -0.1) is 0 Å². The van der Waals surface area contributed by atoms with Crippen LogP contribution in [0.15, 0.2) is 0 Å². The SMILES string of the molecule is CC1CN2CCCCC2CN1C1(C(F)(F)F)CC1. The lowest BCUT2D eigenvalue weighted by atomic mass is 9.95. The van der Waals surface area contributed by atoms with Crippen molar-refractivity contribution >= 4 is 0 Å². The molecular formula is C13H21F3N2. The van der Waals surface area contributed by atoms with Crippen molar-refractivity contribution in [3.05, 3.63) is 0 Å². The first-order valence-electron chi connectivity index (χ1n) is 7.01. The molecule has 3 aliphatic rings. The second-order valence-electron chi connectivity index (χ2n) is 6.18. The third kappa shape index (κ3) is 1.86. The average molecular weight is 262 g/mol. The van der Waals surface area contributed by atoms with Crippen LogP contribution in [0, 0.1) is 0 Å². The van der Waals surface area contributed by atoms with Crippen molar-refractivity contribution in [2.75, 3.05) is 19.6 Å². The molecule has 2 aliphatic heterocycles. The zero-order valence-corrected chi connectivity index (χ0v) is 10.8. The van der Waals surface area contributed by atoms with Crippen molar-refractivity contribution < 1.29 is 13.2 Å². The molecule has 2 saturated heterocycles. The Labute approximate surface area is 106 Å². The van der Waals surface area contributed by atoms with Gasteiger partial charge in [-0.25, -0.2) is 0 Å². The summed E-state index contributed by atoms with van der Waals surface area (Å²) in [6.07, 6.45) is -0.0214. The normalized spacial score (nSPS) is 37.3. The Morgan fingerprint density at radius 1 is 1.11 bits per heavy atom. The van der Waals surface area contributed by atoms with E-state index in [0.29, 0.717) is 25.4 Å². The third-order valence-electron chi connectivity index (χ3n) is 4.99. The Balaban J connectivity index is 1.77. The number of rotatable bonds is 1. The lowest BCUT2D eigenvalue weighted by Gasteiger charge is -2.50. The molecule has 0 bridgehead atoms. The Morgan fingerprint density at radius 2 is 1.83 bits per heavy atom. The number of fused-ring (bicyclic) bond motifs is 1. The highest BCUT2D eigenvalue weighted by atomic mass is 19.4. The molecule has 2 atom stereocenters. The highest BCUT2D eigenvalue weighted by molar-refractivity contribution is 5.12. The number of hydrogen-bond donors (Lipinski definition) is 0. The summed E-state index contributed by atoms with van der Waals surface area (Å²) >= 11 is 0. The molecule has 1 saturated carbocycles. The van der Waals surface area contributed by atoms with Gasteiger partial charge in [0.15, 0.2) is 0 Å². The zero-order chi connectivity index (χ0) is 13.0. The van der Waals surface area contributed by atoms with Crippen molar-refractivity contribution in [1.82, 2.24) is 9.80 Å². The molecule has 1 aliphatic carbocycles. The van der Waals surface area contributed by atoms with E-state index in [-0.39, 0.29) is 6.04 Å². The fourth-order valence-corrected chi connectivity index (χ4v) is 3.80. The molecule has 18 heavy (non-hydrogen) atoms. The largest absolute Gasteiger partial charge is 0.406 e. The highest BCUT2D eigenvalue weighted by Crippen LogP contribution is 2.55. The lowest BCUT2D eigenvalue weighted by Crippen LogP contribution is -2.64. The van der Waals surface area contributed by atoms with Gasteiger partial charge in [0.2, 0.25) is 0 Å². The first kappa shape index (κ1) is 12.7. The summed E-state index contributed by atoms with van der Waals surface area (Å²) in [4.78, 5) is 4.16. The van der Waals surface area contributed by atoms with Crippen molar-refractivity contribution in [3.8, 4) is 0 Å². The van der Waals surface area contributed by atoms with Crippen LogP contribution >= 0.6 is 0 Å². The Morgan fingerprint density at radius 3 is 2.44 bits per heavy atom. The number of alkyl halides is 3. The molecule has 0 spiro atoms. The molecule has 0 amide bonds. The summed E-state index contributed by atoms with van der Waals surface area (Å²) in [6.45, 7) is 4.45. The van der Waals surface area contributed by atoms with Gasteiger partial charge in [0, 0.05) is 25.2 Å². The van der Waals surface area contributed by atoms with Crippen LogP contribution in [0.1, 0.15) is 39.0 Å². The number of piperidine rings is 1. The Bertz CT molecular complexity index is 325. The van der Waals surface area contributed by atoms with Gasteiger partial charge in [-0.2, -0.15) is 13.2 Å². The van der Waals surface area contributed by atoms with Crippen LogP contribution in [-0.4, -0.2) is 53.2 Å². The summed E-state index contributed by atoms with van der Waals surface area (Å²) < 4.78 is 39.7. The van der Waals surface area contributed by atoms with E-state index in [1.807, 2.05) is 6.92 Å². The number of nitrogens with zero attached hydrogens (tertiary/aromatic N) is 2. The molecule has 0 N–H and O–H groups in total. The van der Waals surface area contributed by atoms with Gasteiger partial charge in [0.25, 0.3) is 0 Å². The average Bonchev–Trinajstić information content (AvgIpc) is 3.08. The molecule has 3 fully saturated rings. The molecule has 3 rings (SSSR count). The molecule has 5 heteroatoms. The first-order chi connectivity index (χ1) is 8.44. The predicted octanol–water partition coefficient (Wildman–Crippen LogP) is 2.64. The minimum Gasteiger partial charge on any atom is -0.298 e. The summed E-state index contributed by atoms with van der Waals surface area (Å²) in [5, 5.41) is 0. The van der Waals surface area contributed by atoms with Crippen LogP contribution in [0.4, 0.5) is 13.2 Å². The molecule has 2 heterocycles. The van der Waals surface area contributed by atoms with Crippen molar-refractivity contribution in [3.63, 3.8) is 0 Å². The maximum absolute atomic E-state index is 13.2. The Hall–Kier alpha value is -0.290.